The predicted octanol–water partition coefficient (Wildman–Crippen LogP) is 2.19. The molecule has 0 aliphatic rings. The molecule has 0 radical (unpaired) electrons. The van der Waals surface area contributed by atoms with E-state index in [1.165, 1.54) is 6.20 Å². The average molecular weight is 268 g/mol. The number of aliphatic carboxylic acids is 1. The van der Waals surface area contributed by atoms with E-state index in [2.05, 4.69) is 10.9 Å². The number of hydrogen-bond acceptors (Lipinski definition) is 3. The summed E-state index contributed by atoms with van der Waals surface area (Å²) in [5.74, 6) is 0.349. The lowest BCUT2D eigenvalue weighted by atomic mass is 9.92. The van der Waals surface area contributed by atoms with E-state index in [4.69, 9.17) is 23.1 Å². The number of aryl methyl sites for hydroxylation is 1. The largest absolute Gasteiger partial charge is 0.481 e. The molecule has 0 aromatic carbocycles. The molecular formula is C13H14ClNO3. The van der Waals surface area contributed by atoms with E-state index in [0.29, 0.717) is 22.7 Å². The van der Waals surface area contributed by atoms with Crippen molar-refractivity contribution in [1.29, 1.82) is 0 Å². The summed E-state index contributed by atoms with van der Waals surface area (Å²) in [4.78, 5) is 15.0. The van der Waals surface area contributed by atoms with Crippen molar-refractivity contribution in [2.75, 3.05) is 0 Å². The van der Waals surface area contributed by atoms with Gasteiger partial charge in [0.1, 0.15) is 5.15 Å². The van der Waals surface area contributed by atoms with Crippen LogP contribution in [0.4, 0.5) is 0 Å². The summed E-state index contributed by atoms with van der Waals surface area (Å²) in [5, 5.41) is 19.5. The number of carbonyl (C=O) groups is 1. The van der Waals surface area contributed by atoms with E-state index in [0.717, 1.165) is 0 Å². The van der Waals surface area contributed by atoms with Crippen LogP contribution in [0.2, 0.25) is 5.15 Å². The van der Waals surface area contributed by atoms with Crippen molar-refractivity contribution < 1.29 is 15.0 Å². The van der Waals surface area contributed by atoms with Crippen LogP contribution in [-0.2, 0) is 4.79 Å². The lowest BCUT2D eigenvalue weighted by Crippen LogP contribution is -2.22. The van der Waals surface area contributed by atoms with Gasteiger partial charge < -0.3 is 10.2 Å². The third-order valence-electron chi connectivity index (χ3n) is 2.68. The normalized spacial score (nSPS) is 13.7. The Morgan fingerprint density at radius 1 is 1.67 bits per heavy atom. The van der Waals surface area contributed by atoms with Crippen LogP contribution in [-0.4, -0.2) is 21.2 Å². The Labute approximate surface area is 111 Å². The van der Waals surface area contributed by atoms with Crippen LogP contribution < -0.4 is 0 Å². The van der Waals surface area contributed by atoms with Gasteiger partial charge in [0.15, 0.2) is 0 Å². The molecule has 96 valence electrons. The second-order valence-electron chi connectivity index (χ2n) is 4.01. The fourth-order valence-corrected chi connectivity index (χ4v) is 1.73. The van der Waals surface area contributed by atoms with Crippen molar-refractivity contribution in [1.82, 2.24) is 4.98 Å². The first kappa shape index (κ1) is 14.5. The molecule has 0 aliphatic heterocycles. The average Bonchev–Trinajstić information content (AvgIpc) is 2.32. The van der Waals surface area contributed by atoms with Crippen molar-refractivity contribution in [2.45, 2.75) is 25.9 Å². The third kappa shape index (κ3) is 3.46. The lowest BCUT2D eigenvalue weighted by molar-refractivity contribution is -0.146. The maximum Gasteiger partial charge on any atom is 0.309 e. The van der Waals surface area contributed by atoms with Crippen LogP contribution in [0.25, 0.3) is 0 Å². The highest BCUT2D eigenvalue weighted by atomic mass is 35.5. The topological polar surface area (TPSA) is 70.4 Å². The monoisotopic (exact) mass is 267 g/mol. The summed E-state index contributed by atoms with van der Waals surface area (Å²) in [6, 6.07) is 1.63. The molecule has 0 spiro atoms. The van der Waals surface area contributed by atoms with Gasteiger partial charge in [-0.05, 0) is 25.0 Å². The maximum absolute atomic E-state index is 11.1. The predicted molar refractivity (Wildman–Crippen MR) is 68.1 cm³/mol. The molecule has 0 saturated carbocycles. The SMILES string of the molecule is C#CCC[C@@H](C(=O)O)[C@H](O)c1cnc(Cl)c(C)c1. The molecule has 2 N–H and O–H groups in total. The second-order valence-corrected chi connectivity index (χ2v) is 4.37. The van der Waals surface area contributed by atoms with E-state index < -0.39 is 18.0 Å². The Morgan fingerprint density at radius 3 is 2.83 bits per heavy atom. The zero-order valence-corrected chi connectivity index (χ0v) is 10.7. The molecule has 18 heavy (non-hydrogen) atoms. The number of pyridine rings is 1. The van der Waals surface area contributed by atoms with Gasteiger partial charge in [-0.25, -0.2) is 4.98 Å². The van der Waals surface area contributed by atoms with Gasteiger partial charge in [-0.2, -0.15) is 0 Å². The minimum absolute atomic E-state index is 0.217. The number of nitrogens with zero attached hydrogens (tertiary/aromatic N) is 1. The van der Waals surface area contributed by atoms with Crippen LogP contribution in [0.1, 0.15) is 30.1 Å². The third-order valence-corrected chi connectivity index (χ3v) is 3.07. The molecule has 1 aromatic heterocycles. The minimum Gasteiger partial charge on any atom is -0.481 e. The zero-order chi connectivity index (χ0) is 13.7. The van der Waals surface area contributed by atoms with E-state index in [-0.39, 0.29) is 6.42 Å². The molecule has 0 amide bonds. The van der Waals surface area contributed by atoms with Gasteiger partial charge in [0, 0.05) is 18.2 Å². The first-order valence-electron chi connectivity index (χ1n) is 5.43. The van der Waals surface area contributed by atoms with Gasteiger partial charge in [-0.15, -0.1) is 12.3 Å². The van der Waals surface area contributed by atoms with Gasteiger partial charge >= 0.3 is 5.97 Å². The minimum atomic E-state index is -1.14. The standard InChI is InChI=1S/C13H14ClNO3/c1-3-4-5-10(13(17)18)11(16)9-6-8(2)12(14)15-7-9/h1,6-7,10-11,16H,4-5H2,2H3,(H,17,18)/t10-,11-/m1/s1. The van der Waals surface area contributed by atoms with Gasteiger partial charge in [0.25, 0.3) is 0 Å². The van der Waals surface area contributed by atoms with E-state index in [1.807, 2.05) is 0 Å². The van der Waals surface area contributed by atoms with Crippen molar-refractivity contribution in [3.63, 3.8) is 0 Å². The molecule has 2 atom stereocenters. The lowest BCUT2D eigenvalue weighted by Gasteiger charge is -2.18. The Bertz CT molecular complexity index is 482. The Hall–Kier alpha value is -1.57. The molecule has 0 aliphatic carbocycles. The first-order chi connectivity index (χ1) is 8.47. The highest BCUT2D eigenvalue weighted by molar-refractivity contribution is 6.30. The molecule has 1 heterocycles. The van der Waals surface area contributed by atoms with Gasteiger partial charge in [-0.3, -0.25) is 4.79 Å². The van der Waals surface area contributed by atoms with Crippen LogP contribution in [0.15, 0.2) is 12.3 Å². The number of rotatable bonds is 5. The summed E-state index contributed by atoms with van der Waals surface area (Å²) < 4.78 is 0. The van der Waals surface area contributed by atoms with Gasteiger partial charge in [0.2, 0.25) is 0 Å². The molecule has 1 aromatic rings. The fraction of sp³-hybridized carbons (Fsp3) is 0.385. The summed E-state index contributed by atoms with van der Waals surface area (Å²) >= 11 is 5.78. The summed E-state index contributed by atoms with van der Waals surface area (Å²) in [6.45, 7) is 1.74. The summed E-state index contributed by atoms with van der Waals surface area (Å²) in [6.07, 6.45) is 5.86. The van der Waals surface area contributed by atoms with Crippen LogP contribution >= 0.6 is 11.6 Å². The smallest absolute Gasteiger partial charge is 0.309 e. The molecule has 1 rings (SSSR count). The number of halogens is 1. The number of aromatic nitrogens is 1. The Balaban J connectivity index is 2.94. The van der Waals surface area contributed by atoms with Gasteiger partial charge in [-0.1, -0.05) is 11.6 Å². The van der Waals surface area contributed by atoms with E-state index in [9.17, 15) is 9.90 Å². The Morgan fingerprint density at radius 2 is 2.33 bits per heavy atom. The van der Waals surface area contributed by atoms with Crippen LogP contribution in [0.3, 0.4) is 0 Å². The van der Waals surface area contributed by atoms with Crippen molar-refractivity contribution in [2.24, 2.45) is 5.92 Å². The molecule has 5 heteroatoms. The number of aliphatic hydroxyl groups is 1. The summed E-state index contributed by atoms with van der Waals surface area (Å²) in [5.41, 5.74) is 1.12. The number of hydrogen-bond donors (Lipinski definition) is 2. The van der Waals surface area contributed by atoms with Crippen molar-refractivity contribution >= 4 is 17.6 Å². The molecule has 0 unspecified atom stereocenters. The zero-order valence-electron chi connectivity index (χ0n) is 9.93. The van der Waals surface area contributed by atoms with Crippen molar-refractivity contribution in [3.8, 4) is 12.3 Å². The highest BCUT2D eigenvalue weighted by Gasteiger charge is 2.27. The van der Waals surface area contributed by atoms with E-state index in [1.54, 1.807) is 13.0 Å². The fourth-order valence-electron chi connectivity index (χ4n) is 1.63. The van der Waals surface area contributed by atoms with E-state index >= 15 is 0 Å². The highest BCUT2D eigenvalue weighted by Crippen LogP contribution is 2.27. The first-order valence-corrected chi connectivity index (χ1v) is 5.81. The van der Waals surface area contributed by atoms with Crippen LogP contribution in [0, 0.1) is 25.2 Å². The quantitative estimate of drug-likeness (QED) is 0.634. The van der Waals surface area contributed by atoms with Crippen LogP contribution in [0.5, 0.6) is 0 Å². The molecular weight excluding hydrogens is 254 g/mol. The molecule has 0 bridgehead atoms. The molecule has 0 fully saturated rings. The number of aliphatic hydroxyl groups excluding tert-OH is 1. The Kier molecular flexibility index (Phi) is 5.14. The molecule has 4 nitrogen and oxygen atoms in total. The maximum atomic E-state index is 11.1. The van der Waals surface area contributed by atoms with Gasteiger partial charge in [0.05, 0.1) is 12.0 Å². The number of carboxylic acids is 1. The summed E-state index contributed by atoms with van der Waals surface area (Å²) in [7, 11) is 0. The second kappa shape index (κ2) is 6.39. The number of carboxylic acid groups (broad SMARTS) is 1. The molecule has 0 saturated heterocycles. The van der Waals surface area contributed by atoms with Crippen molar-refractivity contribution in [3.05, 3.63) is 28.5 Å². The number of terminal acetylenes is 1.